The second-order valence-electron chi connectivity index (χ2n) is 3.75. The zero-order chi connectivity index (χ0) is 9.97. The maximum Gasteiger partial charge on any atom is 0.0456 e. The fourth-order valence-corrected chi connectivity index (χ4v) is 1.76. The molecule has 0 bridgehead atoms. The van der Waals surface area contributed by atoms with Crippen LogP contribution in [-0.2, 0) is 6.42 Å². The molecule has 1 unspecified atom stereocenters. The lowest BCUT2D eigenvalue weighted by Crippen LogP contribution is -2.23. The van der Waals surface area contributed by atoms with Crippen molar-refractivity contribution in [2.45, 2.75) is 19.4 Å². The highest BCUT2D eigenvalue weighted by atomic mass is 14.8. The lowest BCUT2D eigenvalue weighted by atomic mass is 10.0. The molecular weight excluding hydrogens is 172 g/mol. The van der Waals surface area contributed by atoms with Crippen molar-refractivity contribution in [1.29, 1.82) is 0 Å². The monoisotopic (exact) mass is 188 g/mol. The van der Waals surface area contributed by atoms with Crippen LogP contribution in [-0.4, -0.2) is 18.1 Å². The maximum atomic E-state index is 3.26. The first kappa shape index (κ1) is 9.28. The van der Waals surface area contributed by atoms with E-state index in [1.807, 2.05) is 13.2 Å². The average molecular weight is 188 g/mol. The van der Waals surface area contributed by atoms with Crippen LogP contribution in [0.15, 0.2) is 30.5 Å². The molecule has 0 fully saturated rings. The van der Waals surface area contributed by atoms with Crippen molar-refractivity contribution < 1.29 is 0 Å². The highest BCUT2D eigenvalue weighted by Gasteiger charge is 2.04. The van der Waals surface area contributed by atoms with Gasteiger partial charge in [-0.05, 0) is 38.1 Å². The molecule has 2 nitrogen and oxygen atoms in total. The summed E-state index contributed by atoms with van der Waals surface area (Å²) in [5.74, 6) is 0. The van der Waals surface area contributed by atoms with E-state index in [0.717, 1.165) is 6.42 Å². The summed E-state index contributed by atoms with van der Waals surface area (Å²) in [6.45, 7) is 2.20. The summed E-state index contributed by atoms with van der Waals surface area (Å²) in [4.78, 5) is 3.23. The minimum Gasteiger partial charge on any atom is -0.361 e. The molecule has 2 heteroatoms. The molecule has 2 aromatic rings. The number of benzene rings is 1. The Labute approximate surface area is 84.3 Å². The number of hydrogen-bond donors (Lipinski definition) is 2. The standard InChI is InChI=1S/C12H16N2/c1-9(13-2)8-10-4-3-5-12-11(10)6-7-14-12/h3-7,9,13-14H,8H2,1-2H3. The van der Waals surface area contributed by atoms with Crippen LogP contribution in [0.1, 0.15) is 12.5 Å². The zero-order valence-electron chi connectivity index (χ0n) is 8.67. The Bertz CT molecular complexity index is 417. The highest BCUT2D eigenvalue weighted by Crippen LogP contribution is 2.18. The summed E-state index contributed by atoms with van der Waals surface area (Å²) >= 11 is 0. The summed E-state index contributed by atoms with van der Waals surface area (Å²) in [5.41, 5.74) is 2.64. The summed E-state index contributed by atoms with van der Waals surface area (Å²) in [5, 5.41) is 4.60. The van der Waals surface area contributed by atoms with Gasteiger partial charge in [0.25, 0.3) is 0 Å². The molecule has 0 aliphatic carbocycles. The predicted octanol–water partition coefficient (Wildman–Crippen LogP) is 2.32. The maximum absolute atomic E-state index is 3.26. The van der Waals surface area contributed by atoms with Crippen LogP contribution in [0, 0.1) is 0 Å². The van der Waals surface area contributed by atoms with Crippen LogP contribution >= 0.6 is 0 Å². The molecule has 0 amide bonds. The van der Waals surface area contributed by atoms with Gasteiger partial charge >= 0.3 is 0 Å². The summed E-state index contributed by atoms with van der Waals surface area (Å²) < 4.78 is 0. The molecule has 1 aromatic carbocycles. The molecule has 2 N–H and O–H groups in total. The van der Waals surface area contributed by atoms with E-state index in [0.29, 0.717) is 6.04 Å². The van der Waals surface area contributed by atoms with E-state index < -0.39 is 0 Å². The van der Waals surface area contributed by atoms with Gasteiger partial charge in [-0.25, -0.2) is 0 Å². The Morgan fingerprint density at radius 1 is 1.36 bits per heavy atom. The Kier molecular flexibility index (Phi) is 2.55. The molecule has 74 valence electrons. The number of aromatic amines is 1. The minimum absolute atomic E-state index is 0.524. The smallest absolute Gasteiger partial charge is 0.0456 e. The number of rotatable bonds is 3. The van der Waals surface area contributed by atoms with Gasteiger partial charge in [0.1, 0.15) is 0 Å². The van der Waals surface area contributed by atoms with Gasteiger partial charge in [0.2, 0.25) is 0 Å². The van der Waals surface area contributed by atoms with E-state index in [1.54, 1.807) is 0 Å². The van der Waals surface area contributed by atoms with Crippen molar-refractivity contribution in [1.82, 2.24) is 10.3 Å². The van der Waals surface area contributed by atoms with Gasteiger partial charge in [0, 0.05) is 23.1 Å². The zero-order valence-corrected chi connectivity index (χ0v) is 8.67. The second-order valence-corrected chi connectivity index (χ2v) is 3.75. The Balaban J connectivity index is 2.36. The molecule has 1 aromatic heterocycles. The van der Waals surface area contributed by atoms with Crippen molar-refractivity contribution in [3.63, 3.8) is 0 Å². The molecule has 1 heterocycles. The number of hydrogen-bond acceptors (Lipinski definition) is 1. The van der Waals surface area contributed by atoms with Crippen LogP contribution < -0.4 is 5.32 Å². The molecule has 1 atom stereocenters. The van der Waals surface area contributed by atoms with Crippen molar-refractivity contribution in [2.24, 2.45) is 0 Å². The summed E-state index contributed by atoms with van der Waals surface area (Å²) in [7, 11) is 2.00. The Morgan fingerprint density at radius 3 is 3.00 bits per heavy atom. The quantitative estimate of drug-likeness (QED) is 0.760. The first-order valence-corrected chi connectivity index (χ1v) is 5.03. The SMILES string of the molecule is CNC(C)Cc1cccc2[nH]ccc12. The fourth-order valence-electron chi connectivity index (χ4n) is 1.76. The number of aromatic nitrogens is 1. The average Bonchev–Trinajstić information content (AvgIpc) is 2.66. The Hall–Kier alpha value is -1.28. The first-order valence-electron chi connectivity index (χ1n) is 5.03. The van der Waals surface area contributed by atoms with Gasteiger partial charge in [0.05, 0.1) is 0 Å². The Morgan fingerprint density at radius 2 is 2.21 bits per heavy atom. The van der Waals surface area contributed by atoms with Gasteiger partial charge in [-0.3, -0.25) is 0 Å². The van der Waals surface area contributed by atoms with Crippen LogP contribution in [0.4, 0.5) is 0 Å². The van der Waals surface area contributed by atoms with Crippen molar-refractivity contribution in [2.75, 3.05) is 7.05 Å². The van der Waals surface area contributed by atoms with Crippen molar-refractivity contribution >= 4 is 10.9 Å². The molecule has 0 radical (unpaired) electrons. The first-order chi connectivity index (χ1) is 6.81. The van der Waals surface area contributed by atoms with E-state index in [4.69, 9.17) is 0 Å². The fraction of sp³-hybridized carbons (Fsp3) is 0.333. The number of H-pyrrole nitrogens is 1. The number of fused-ring (bicyclic) bond motifs is 1. The lowest BCUT2D eigenvalue weighted by molar-refractivity contribution is 0.610. The molecular formula is C12H16N2. The van der Waals surface area contributed by atoms with Crippen molar-refractivity contribution in [3.05, 3.63) is 36.0 Å². The largest absolute Gasteiger partial charge is 0.361 e. The third kappa shape index (κ3) is 1.66. The van der Waals surface area contributed by atoms with Crippen molar-refractivity contribution in [3.8, 4) is 0 Å². The molecule has 0 aliphatic heterocycles. The third-order valence-corrected chi connectivity index (χ3v) is 2.70. The van der Waals surface area contributed by atoms with E-state index in [9.17, 15) is 0 Å². The normalized spacial score (nSPS) is 13.3. The van der Waals surface area contributed by atoms with Gasteiger partial charge in [-0.15, -0.1) is 0 Å². The van der Waals surface area contributed by atoms with E-state index in [1.165, 1.54) is 16.5 Å². The number of likely N-dealkylation sites (N-methyl/N-ethyl adjacent to an activating group) is 1. The van der Waals surface area contributed by atoms with Gasteiger partial charge in [-0.2, -0.15) is 0 Å². The lowest BCUT2D eigenvalue weighted by Gasteiger charge is -2.10. The highest BCUT2D eigenvalue weighted by molar-refractivity contribution is 5.82. The van der Waals surface area contributed by atoms with E-state index in [-0.39, 0.29) is 0 Å². The predicted molar refractivity (Wildman–Crippen MR) is 60.5 cm³/mol. The summed E-state index contributed by atoms with van der Waals surface area (Å²) in [6, 6.07) is 9.09. The molecule has 14 heavy (non-hydrogen) atoms. The van der Waals surface area contributed by atoms with Crippen LogP contribution in [0.3, 0.4) is 0 Å². The van der Waals surface area contributed by atoms with E-state index in [2.05, 4.69) is 41.5 Å². The van der Waals surface area contributed by atoms with Gasteiger partial charge in [-0.1, -0.05) is 12.1 Å². The minimum atomic E-state index is 0.524. The van der Waals surface area contributed by atoms with Gasteiger partial charge < -0.3 is 10.3 Å². The number of nitrogens with one attached hydrogen (secondary N) is 2. The molecule has 0 saturated carbocycles. The topological polar surface area (TPSA) is 27.8 Å². The third-order valence-electron chi connectivity index (χ3n) is 2.70. The van der Waals surface area contributed by atoms with Gasteiger partial charge in [0.15, 0.2) is 0 Å². The molecule has 2 rings (SSSR count). The molecule has 0 spiro atoms. The van der Waals surface area contributed by atoms with Crippen LogP contribution in [0.2, 0.25) is 0 Å². The van der Waals surface area contributed by atoms with E-state index >= 15 is 0 Å². The second kappa shape index (κ2) is 3.84. The molecule has 0 aliphatic rings. The van der Waals surface area contributed by atoms with Crippen LogP contribution in [0.25, 0.3) is 10.9 Å². The summed E-state index contributed by atoms with van der Waals surface area (Å²) in [6.07, 6.45) is 3.07. The molecule has 0 saturated heterocycles. The van der Waals surface area contributed by atoms with Crippen LogP contribution in [0.5, 0.6) is 0 Å².